The molecule has 0 atom stereocenters. The summed E-state index contributed by atoms with van der Waals surface area (Å²) in [6.07, 6.45) is 2.22. The van der Waals surface area contributed by atoms with Gasteiger partial charge in [-0.05, 0) is 48.2 Å². The van der Waals surface area contributed by atoms with Crippen LogP contribution in [-0.2, 0) is 11.2 Å². The number of aromatic hydroxyl groups is 1. The van der Waals surface area contributed by atoms with Gasteiger partial charge in [0.2, 0.25) is 0 Å². The monoisotopic (exact) mass is 306 g/mol. The summed E-state index contributed by atoms with van der Waals surface area (Å²) >= 11 is 0. The molecule has 1 amide bonds. The minimum absolute atomic E-state index is 0.0421. The fraction of sp³-hybridized carbons (Fsp3) is 0.158. The normalized spacial score (nSPS) is 10.9. The third-order valence-electron chi connectivity index (χ3n) is 3.51. The number of benzene rings is 2. The highest BCUT2D eigenvalue weighted by Crippen LogP contribution is 2.13. The first-order chi connectivity index (χ1) is 11.1. The SMILES string of the molecule is Cc1ccccc1CCNC(=O)/C(C#N)=C/c1ccc(O)cc1. The van der Waals surface area contributed by atoms with Crippen LogP contribution >= 0.6 is 0 Å². The first-order valence-corrected chi connectivity index (χ1v) is 7.33. The van der Waals surface area contributed by atoms with Gasteiger partial charge in [0.25, 0.3) is 5.91 Å². The Morgan fingerprint density at radius 1 is 1.22 bits per heavy atom. The van der Waals surface area contributed by atoms with Crippen molar-refractivity contribution < 1.29 is 9.90 Å². The Morgan fingerprint density at radius 2 is 1.91 bits per heavy atom. The molecule has 0 saturated carbocycles. The van der Waals surface area contributed by atoms with E-state index in [0.29, 0.717) is 12.1 Å². The summed E-state index contributed by atoms with van der Waals surface area (Å²) in [5.74, 6) is -0.252. The number of carbonyl (C=O) groups is 1. The van der Waals surface area contributed by atoms with Crippen LogP contribution in [-0.4, -0.2) is 17.6 Å². The lowest BCUT2D eigenvalue weighted by atomic mass is 10.1. The van der Waals surface area contributed by atoms with Gasteiger partial charge in [-0.2, -0.15) is 5.26 Å². The Hall–Kier alpha value is -3.06. The van der Waals surface area contributed by atoms with Crippen molar-refractivity contribution in [3.63, 3.8) is 0 Å². The Balaban J connectivity index is 1.97. The highest BCUT2D eigenvalue weighted by Gasteiger charge is 2.08. The summed E-state index contributed by atoms with van der Waals surface area (Å²) in [4.78, 5) is 12.1. The summed E-state index contributed by atoms with van der Waals surface area (Å²) in [5.41, 5.74) is 3.09. The summed E-state index contributed by atoms with van der Waals surface area (Å²) in [6.45, 7) is 2.50. The molecular weight excluding hydrogens is 288 g/mol. The van der Waals surface area contributed by atoms with E-state index < -0.39 is 5.91 Å². The van der Waals surface area contributed by atoms with Crippen LogP contribution in [0.5, 0.6) is 5.75 Å². The van der Waals surface area contributed by atoms with Gasteiger partial charge in [-0.25, -0.2) is 0 Å². The lowest BCUT2D eigenvalue weighted by molar-refractivity contribution is -0.117. The van der Waals surface area contributed by atoms with Crippen LogP contribution in [0.2, 0.25) is 0 Å². The van der Waals surface area contributed by atoms with E-state index in [0.717, 1.165) is 6.42 Å². The second-order valence-corrected chi connectivity index (χ2v) is 5.19. The molecule has 0 heterocycles. The van der Waals surface area contributed by atoms with Gasteiger partial charge < -0.3 is 10.4 Å². The smallest absolute Gasteiger partial charge is 0.261 e. The maximum atomic E-state index is 12.1. The van der Waals surface area contributed by atoms with Crippen LogP contribution < -0.4 is 5.32 Å². The molecular formula is C19H18N2O2. The molecule has 116 valence electrons. The van der Waals surface area contributed by atoms with Gasteiger partial charge in [0.05, 0.1) is 0 Å². The molecule has 0 unspecified atom stereocenters. The van der Waals surface area contributed by atoms with Gasteiger partial charge in [-0.1, -0.05) is 36.4 Å². The summed E-state index contributed by atoms with van der Waals surface area (Å²) in [7, 11) is 0. The highest BCUT2D eigenvalue weighted by atomic mass is 16.3. The number of hydrogen-bond acceptors (Lipinski definition) is 3. The largest absolute Gasteiger partial charge is 0.508 e. The molecule has 2 aromatic carbocycles. The summed E-state index contributed by atoms with van der Waals surface area (Å²) in [6, 6.07) is 16.2. The van der Waals surface area contributed by atoms with Gasteiger partial charge >= 0.3 is 0 Å². The molecule has 0 spiro atoms. The van der Waals surface area contributed by atoms with Crippen molar-refractivity contribution in [2.24, 2.45) is 0 Å². The Kier molecular flexibility index (Phi) is 5.54. The van der Waals surface area contributed by atoms with Gasteiger partial charge in [-0.15, -0.1) is 0 Å². The number of nitrogens with one attached hydrogen (secondary N) is 1. The second-order valence-electron chi connectivity index (χ2n) is 5.19. The maximum Gasteiger partial charge on any atom is 0.261 e. The van der Waals surface area contributed by atoms with Crippen molar-refractivity contribution in [3.05, 3.63) is 70.8 Å². The van der Waals surface area contributed by atoms with Gasteiger partial charge in [0.1, 0.15) is 17.4 Å². The summed E-state index contributed by atoms with van der Waals surface area (Å²) in [5, 5.41) is 21.1. The summed E-state index contributed by atoms with van der Waals surface area (Å²) < 4.78 is 0. The van der Waals surface area contributed by atoms with Crippen LogP contribution in [0.1, 0.15) is 16.7 Å². The standard InChI is InChI=1S/C19H18N2O2/c1-14-4-2-3-5-16(14)10-11-21-19(23)17(13-20)12-15-6-8-18(22)9-7-15/h2-9,12,22H,10-11H2,1H3,(H,21,23)/b17-12+. The molecule has 0 radical (unpaired) electrons. The van der Waals surface area contributed by atoms with Crippen LogP contribution in [0.3, 0.4) is 0 Å². The zero-order valence-electron chi connectivity index (χ0n) is 12.9. The Morgan fingerprint density at radius 3 is 2.57 bits per heavy atom. The van der Waals surface area contributed by atoms with Crippen LogP contribution in [0, 0.1) is 18.3 Å². The van der Waals surface area contributed by atoms with Gasteiger partial charge in [0.15, 0.2) is 0 Å². The van der Waals surface area contributed by atoms with Crippen molar-refractivity contribution in [1.82, 2.24) is 5.32 Å². The molecule has 4 nitrogen and oxygen atoms in total. The lowest BCUT2D eigenvalue weighted by Crippen LogP contribution is -2.26. The maximum absolute atomic E-state index is 12.1. The van der Waals surface area contributed by atoms with Crippen molar-refractivity contribution >= 4 is 12.0 Å². The average molecular weight is 306 g/mol. The second kappa shape index (κ2) is 7.81. The number of phenolic OH excluding ortho intramolecular Hbond substituents is 1. The Bertz CT molecular complexity index is 756. The number of nitriles is 1. The predicted molar refractivity (Wildman–Crippen MR) is 89.6 cm³/mol. The molecule has 0 aromatic heterocycles. The zero-order chi connectivity index (χ0) is 16.7. The molecule has 0 aliphatic rings. The zero-order valence-corrected chi connectivity index (χ0v) is 12.9. The molecule has 23 heavy (non-hydrogen) atoms. The van der Waals surface area contributed by atoms with Crippen molar-refractivity contribution in [3.8, 4) is 11.8 Å². The molecule has 4 heteroatoms. The molecule has 2 rings (SSSR count). The molecule has 0 saturated heterocycles. The predicted octanol–water partition coefficient (Wildman–Crippen LogP) is 2.97. The van der Waals surface area contributed by atoms with Crippen LogP contribution in [0.15, 0.2) is 54.1 Å². The number of rotatable bonds is 5. The number of aryl methyl sites for hydroxylation is 1. The third kappa shape index (κ3) is 4.72. The number of carbonyl (C=O) groups excluding carboxylic acids is 1. The lowest BCUT2D eigenvalue weighted by Gasteiger charge is -2.07. The van der Waals surface area contributed by atoms with Crippen LogP contribution in [0.25, 0.3) is 6.08 Å². The number of hydrogen-bond donors (Lipinski definition) is 2. The van der Waals surface area contributed by atoms with Crippen molar-refractivity contribution in [2.75, 3.05) is 6.54 Å². The molecule has 2 N–H and O–H groups in total. The topological polar surface area (TPSA) is 73.1 Å². The van der Waals surface area contributed by atoms with Crippen molar-refractivity contribution in [1.29, 1.82) is 5.26 Å². The van der Waals surface area contributed by atoms with E-state index in [2.05, 4.69) is 5.32 Å². The average Bonchev–Trinajstić information content (AvgIpc) is 2.56. The number of nitrogens with zero attached hydrogens (tertiary/aromatic N) is 1. The molecule has 2 aromatic rings. The Labute approximate surface area is 135 Å². The molecule has 0 bridgehead atoms. The van der Waals surface area contributed by atoms with Crippen LogP contribution in [0.4, 0.5) is 0 Å². The number of amides is 1. The van der Waals surface area contributed by atoms with E-state index in [1.54, 1.807) is 12.1 Å². The fourth-order valence-electron chi connectivity index (χ4n) is 2.18. The van der Waals surface area contributed by atoms with Gasteiger partial charge in [-0.3, -0.25) is 4.79 Å². The number of phenols is 1. The first-order valence-electron chi connectivity index (χ1n) is 7.33. The molecule has 0 aliphatic heterocycles. The van der Waals surface area contributed by atoms with E-state index in [-0.39, 0.29) is 11.3 Å². The molecule has 0 fully saturated rings. The van der Waals surface area contributed by atoms with E-state index in [1.807, 2.05) is 37.3 Å². The van der Waals surface area contributed by atoms with E-state index in [9.17, 15) is 9.90 Å². The minimum Gasteiger partial charge on any atom is -0.508 e. The highest BCUT2D eigenvalue weighted by molar-refractivity contribution is 6.01. The van der Waals surface area contributed by atoms with Crippen molar-refractivity contribution in [2.45, 2.75) is 13.3 Å². The minimum atomic E-state index is -0.394. The van der Waals surface area contributed by atoms with E-state index in [4.69, 9.17) is 5.26 Å². The van der Waals surface area contributed by atoms with E-state index >= 15 is 0 Å². The fourth-order valence-corrected chi connectivity index (χ4v) is 2.18. The van der Waals surface area contributed by atoms with E-state index in [1.165, 1.54) is 29.3 Å². The quantitative estimate of drug-likeness (QED) is 0.659. The first kappa shape index (κ1) is 16.3. The molecule has 0 aliphatic carbocycles. The van der Waals surface area contributed by atoms with Gasteiger partial charge in [0, 0.05) is 6.54 Å². The third-order valence-corrected chi connectivity index (χ3v) is 3.51.